The summed E-state index contributed by atoms with van der Waals surface area (Å²) in [5.41, 5.74) is 5.87. The second kappa shape index (κ2) is 4.21. The van der Waals surface area contributed by atoms with E-state index in [1.165, 1.54) is 13.1 Å². The van der Waals surface area contributed by atoms with Gasteiger partial charge in [0.05, 0.1) is 11.9 Å². The lowest BCUT2D eigenvalue weighted by Crippen LogP contribution is -2.01. The standard InChI is InChI=1S/C8H14FN3/c1-6(9)7-5-11-8(12-7)3-2-4-10/h5-6H,2-4,10H2,1H3,(H,11,12). The third kappa shape index (κ3) is 2.30. The third-order valence-corrected chi connectivity index (χ3v) is 1.69. The number of imidazole rings is 1. The zero-order chi connectivity index (χ0) is 8.97. The molecule has 1 rings (SSSR count). The van der Waals surface area contributed by atoms with Crippen LogP contribution in [0, 0.1) is 0 Å². The molecule has 0 aliphatic heterocycles. The van der Waals surface area contributed by atoms with Crippen molar-refractivity contribution in [2.75, 3.05) is 6.54 Å². The van der Waals surface area contributed by atoms with Gasteiger partial charge in [-0.1, -0.05) is 0 Å². The largest absolute Gasteiger partial charge is 0.343 e. The summed E-state index contributed by atoms with van der Waals surface area (Å²) in [4.78, 5) is 6.93. The first-order chi connectivity index (χ1) is 5.74. The third-order valence-electron chi connectivity index (χ3n) is 1.69. The summed E-state index contributed by atoms with van der Waals surface area (Å²) in [5.74, 6) is 0.819. The first kappa shape index (κ1) is 9.19. The molecule has 0 fully saturated rings. The van der Waals surface area contributed by atoms with Crippen LogP contribution in [-0.2, 0) is 6.42 Å². The molecule has 4 heteroatoms. The van der Waals surface area contributed by atoms with Crippen LogP contribution in [0.15, 0.2) is 6.20 Å². The summed E-state index contributed by atoms with van der Waals surface area (Å²) in [6.45, 7) is 2.13. The Morgan fingerprint density at radius 3 is 3.00 bits per heavy atom. The molecule has 0 bridgehead atoms. The number of alkyl halides is 1. The van der Waals surface area contributed by atoms with Gasteiger partial charge in [-0.25, -0.2) is 9.37 Å². The zero-order valence-electron chi connectivity index (χ0n) is 7.18. The van der Waals surface area contributed by atoms with Crippen molar-refractivity contribution in [2.45, 2.75) is 25.9 Å². The van der Waals surface area contributed by atoms with Gasteiger partial charge in [-0.05, 0) is 19.9 Å². The molecule has 0 amide bonds. The fourth-order valence-corrected chi connectivity index (χ4v) is 0.977. The Morgan fingerprint density at radius 1 is 1.75 bits per heavy atom. The lowest BCUT2D eigenvalue weighted by molar-refractivity contribution is 0.366. The number of aromatic amines is 1. The molecule has 68 valence electrons. The minimum absolute atomic E-state index is 0.544. The van der Waals surface area contributed by atoms with E-state index in [1.54, 1.807) is 0 Å². The number of aromatic nitrogens is 2. The number of H-pyrrole nitrogens is 1. The molecule has 0 aromatic carbocycles. The second-order valence-corrected chi connectivity index (χ2v) is 2.79. The summed E-state index contributed by atoms with van der Waals surface area (Å²) in [6, 6.07) is 0. The maximum Gasteiger partial charge on any atom is 0.139 e. The van der Waals surface area contributed by atoms with Gasteiger partial charge in [-0.3, -0.25) is 0 Å². The second-order valence-electron chi connectivity index (χ2n) is 2.79. The lowest BCUT2D eigenvalue weighted by atomic mass is 10.3. The zero-order valence-corrected chi connectivity index (χ0v) is 7.18. The molecule has 0 saturated carbocycles. The fourth-order valence-electron chi connectivity index (χ4n) is 0.977. The van der Waals surface area contributed by atoms with E-state index in [0.29, 0.717) is 12.2 Å². The number of nitrogens with one attached hydrogen (secondary N) is 1. The Hall–Kier alpha value is -0.900. The van der Waals surface area contributed by atoms with E-state index in [-0.39, 0.29) is 0 Å². The smallest absolute Gasteiger partial charge is 0.139 e. The minimum Gasteiger partial charge on any atom is -0.343 e. The number of rotatable bonds is 4. The Labute approximate surface area is 71.2 Å². The number of hydrogen-bond acceptors (Lipinski definition) is 2. The van der Waals surface area contributed by atoms with E-state index in [4.69, 9.17) is 5.73 Å². The van der Waals surface area contributed by atoms with Gasteiger partial charge in [0, 0.05) is 6.42 Å². The molecule has 3 N–H and O–H groups in total. The number of aryl methyl sites for hydroxylation is 1. The summed E-state index contributed by atoms with van der Waals surface area (Å²) in [5, 5.41) is 0. The van der Waals surface area contributed by atoms with Crippen LogP contribution in [0.4, 0.5) is 4.39 Å². The molecular formula is C8H14FN3. The van der Waals surface area contributed by atoms with Crippen LogP contribution >= 0.6 is 0 Å². The predicted molar refractivity (Wildman–Crippen MR) is 45.5 cm³/mol. The molecule has 1 heterocycles. The van der Waals surface area contributed by atoms with Crippen molar-refractivity contribution in [3.05, 3.63) is 17.7 Å². The summed E-state index contributed by atoms with van der Waals surface area (Å²) in [7, 11) is 0. The first-order valence-electron chi connectivity index (χ1n) is 4.12. The number of nitrogens with two attached hydrogens (primary N) is 1. The van der Waals surface area contributed by atoms with Gasteiger partial charge >= 0.3 is 0 Å². The van der Waals surface area contributed by atoms with Crippen LogP contribution in [0.3, 0.4) is 0 Å². The Balaban J connectivity index is 2.52. The fraction of sp³-hybridized carbons (Fsp3) is 0.625. The maximum absolute atomic E-state index is 12.7. The topological polar surface area (TPSA) is 54.7 Å². The average molecular weight is 171 g/mol. The average Bonchev–Trinajstić information content (AvgIpc) is 2.48. The summed E-state index contributed by atoms with van der Waals surface area (Å²) in [6.07, 6.45) is 2.25. The molecule has 0 saturated heterocycles. The molecule has 0 spiro atoms. The molecule has 1 unspecified atom stereocenters. The van der Waals surface area contributed by atoms with Gasteiger partial charge in [0.1, 0.15) is 12.0 Å². The van der Waals surface area contributed by atoms with E-state index in [0.717, 1.165) is 18.7 Å². The van der Waals surface area contributed by atoms with Gasteiger partial charge in [0.15, 0.2) is 0 Å². The molecule has 0 radical (unpaired) electrons. The molecule has 0 aliphatic rings. The number of halogens is 1. The predicted octanol–water partition coefficient (Wildman–Crippen LogP) is 1.33. The van der Waals surface area contributed by atoms with Crippen molar-refractivity contribution in [1.82, 2.24) is 9.97 Å². The molecule has 0 aliphatic carbocycles. The summed E-state index contributed by atoms with van der Waals surface area (Å²) < 4.78 is 12.7. The quantitative estimate of drug-likeness (QED) is 0.718. The van der Waals surface area contributed by atoms with Crippen LogP contribution in [0.5, 0.6) is 0 Å². The number of hydrogen-bond donors (Lipinski definition) is 2. The van der Waals surface area contributed by atoms with Crippen LogP contribution in [-0.4, -0.2) is 16.5 Å². The highest BCUT2D eigenvalue weighted by Crippen LogP contribution is 2.13. The minimum atomic E-state index is -0.968. The monoisotopic (exact) mass is 171 g/mol. The molecule has 1 aromatic rings. The van der Waals surface area contributed by atoms with Gasteiger partial charge in [0.25, 0.3) is 0 Å². The molecule has 12 heavy (non-hydrogen) atoms. The maximum atomic E-state index is 12.7. The number of nitrogens with zero attached hydrogens (tertiary/aromatic N) is 1. The van der Waals surface area contributed by atoms with E-state index in [9.17, 15) is 4.39 Å². The Kier molecular flexibility index (Phi) is 3.22. The van der Waals surface area contributed by atoms with Crippen LogP contribution in [0.1, 0.15) is 31.0 Å². The SMILES string of the molecule is CC(F)c1cnc(CCCN)[nH]1. The first-order valence-corrected chi connectivity index (χ1v) is 4.12. The highest BCUT2D eigenvalue weighted by Gasteiger charge is 2.05. The van der Waals surface area contributed by atoms with Crippen molar-refractivity contribution < 1.29 is 4.39 Å². The van der Waals surface area contributed by atoms with E-state index in [1.807, 2.05) is 0 Å². The van der Waals surface area contributed by atoms with Crippen molar-refractivity contribution in [2.24, 2.45) is 5.73 Å². The highest BCUT2D eigenvalue weighted by molar-refractivity contribution is 5.03. The Bertz CT molecular complexity index is 232. The molecule has 1 atom stereocenters. The van der Waals surface area contributed by atoms with Gasteiger partial charge < -0.3 is 10.7 Å². The van der Waals surface area contributed by atoms with Crippen LogP contribution in [0.2, 0.25) is 0 Å². The lowest BCUT2D eigenvalue weighted by Gasteiger charge is -1.95. The van der Waals surface area contributed by atoms with E-state index < -0.39 is 6.17 Å². The highest BCUT2D eigenvalue weighted by atomic mass is 19.1. The van der Waals surface area contributed by atoms with Crippen molar-refractivity contribution in [3.63, 3.8) is 0 Å². The van der Waals surface area contributed by atoms with E-state index in [2.05, 4.69) is 9.97 Å². The van der Waals surface area contributed by atoms with E-state index >= 15 is 0 Å². The summed E-state index contributed by atoms with van der Waals surface area (Å²) >= 11 is 0. The van der Waals surface area contributed by atoms with Crippen LogP contribution < -0.4 is 5.73 Å². The van der Waals surface area contributed by atoms with Gasteiger partial charge in [0.2, 0.25) is 0 Å². The van der Waals surface area contributed by atoms with Crippen molar-refractivity contribution in [1.29, 1.82) is 0 Å². The van der Waals surface area contributed by atoms with Crippen molar-refractivity contribution in [3.8, 4) is 0 Å². The molecular weight excluding hydrogens is 157 g/mol. The van der Waals surface area contributed by atoms with Crippen molar-refractivity contribution >= 4 is 0 Å². The Morgan fingerprint density at radius 2 is 2.50 bits per heavy atom. The molecule has 1 aromatic heterocycles. The molecule has 3 nitrogen and oxygen atoms in total. The van der Waals surface area contributed by atoms with Crippen LogP contribution in [0.25, 0.3) is 0 Å². The normalized spacial score (nSPS) is 13.2. The van der Waals surface area contributed by atoms with Gasteiger partial charge in [-0.15, -0.1) is 0 Å². The van der Waals surface area contributed by atoms with Gasteiger partial charge in [-0.2, -0.15) is 0 Å².